The minimum atomic E-state index is -0.204. The zero-order valence-electron chi connectivity index (χ0n) is 11.0. The molecule has 2 aromatic heterocycles. The number of carbonyl (C=O) groups is 1. The summed E-state index contributed by atoms with van der Waals surface area (Å²) in [7, 11) is 0. The van der Waals surface area contributed by atoms with E-state index in [4.69, 9.17) is 5.73 Å². The van der Waals surface area contributed by atoms with Gasteiger partial charge < -0.3 is 5.73 Å². The summed E-state index contributed by atoms with van der Waals surface area (Å²) in [5.74, 6) is 0.0227. The average molecular weight is 263 g/mol. The van der Waals surface area contributed by atoms with Crippen LogP contribution in [0.2, 0.25) is 0 Å². The van der Waals surface area contributed by atoms with E-state index < -0.39 is 0 Å². The van der Waals surface area contributed by atoms with Gasteiger partial charge in [0, 0.05) is 11.6 Å². The normalized spacial score (nSPS) is 10.7. The Hall–Kier alpha value is -2.75. The topological polar surface area (TPSA) is 68.9 Å². The van der Waals surface area contributed by atoms with Gasteiger partial charge in [-0.25, -0.2) is 9.97 Å². The van der Waals surface area contributed by atoms with Crippen LogP contribution in [0.1, 0.15) is 21.6 Å². The number of nitrogens with two attached hydrogens (primary N) is 1. The number of nitrogens with zero attached hydrogens (tertiary/aromatic N) is 2. The molecule has 4 heteroatoms. The van der Waals surface area contributed by atoms with Gasteiger partial charge in [-0.2, -0.15) is 0 Å². The third kappa shape index (κ3) is 2.01. The summed E-state index contributed by atoms with van der Waals surface area (Å²) in [5.41, 5.74) is 8.34. The highest BCUT2D eigenvalue weighted by Gasteiger charge is 2.15. The number of anilines is 1. The van der Waals surface area contributed by atoms with Crippen molar-refractivity contribution in [3.05, 3.63) is 65.5 Å². The van der Waals surface area contributed by atoms with E-state index in [1.807, 2.05) is 31.2 Å². The number of carbonyl (C=O) groups excluding carboxylic acids is 1. The molecule has 0 amide bonds. The molecule has 0 radical (unpaired) electrons. The Bertz CT molecular complexity index is 812. The smallest absolute Gasteiger partial charge is 0.215 e. The number of rotatable bonds is 2. The molecule has 20 heavy (non-hydrogen) atoms. The van der Waals surface area contributed by atoms with Crippen LogP contribution in [-0.4, -0.2) is 15.8 Å². The van der Waals surface area contributed by atoms with E-state index in [0.717, 1.165) is 16.5 Å². The second-order valence-electron chi connectivity index (χ2n) is 4.61. The lowest BCUT2D eigenvalue weighted by molar-refractivity contribution is 0.103. The van der Waals surface area contributed by atoms with Crippen molar-refractivity contribution in [2.24, 2.45) is 0 Å². The second kappa shape index (κ2) is 4.74. The van der Waals surface area contributed by atoms with Crippen molar-refractivity contribution in [2.75, 3.05) is 5.73 Å². The van der Waals surface area contributed by atoms with Crippen molar-refractivity contribution < 1.29 is 4.79 Å². The van der Waals surface area contributed by atoms with Gasteiger partial charge in [-0.15, -0.1) is 0 Å². The number of ketones is 1. The van der Waals surface area contributed by atoms with Gasteiger partial charge >= 0.3 is 0 Å². The maximum absolute atomic E-state index is 12.5. The molecule has 0 atom stereocenters. The first kappa shape index (κ1) is 12.3. The van der Waals surface area contributed by atoms with Gasteiger partial charge in [0.1, 0.15) is 11.5 Å². The van der Waals surface area contributed by atoms with Gasteiger partial charge in [0.05, 0.1) is 11.1 Å². The SMILES string of the molecule is Cc1cc(C(=O)c2cccnc2N)nc2ccccc12. The van der Waals surface area contributed by atoms with Crippen molar-refractivity contribution in [1.82, 2.24) is 9.97 Å². The minimum absolute atomic E-state index is 0.204. The highest BCUT2D eigenvalue weighted by Crippen LogP contribution is 2.20. The molecule has 0 aliphatic rings. The van der Waals surface area contributed by atoms with Gasteiger partial charge in [-0.3, -0.25) is 4.79 Å². The van der Waals surface area contributed by atoms with E-state index >= 15 is 0 Å². The molecule has 0 fully saturated rings. The lowest BCUT2D eigenvalue weighted by Crippen LogP contribution is -2.09. The number of hydrogen-bond donors (Lipinski definition) is 1. The Morgan fingerprint density at radius 1 is 1.15 bits per heavy atom. The molecule has 0 saturated carbocycles. The lowest BCUT2D eigenvalue weighted by atomic mass is 10.0. The van der Waals surface area contributed by atoms with Crippen molar-refractivity contribution in [1.29, 1.82) is 0 Å². The number of aryl methyl sites for hydroxylation is 1. The predicted molar refractivity (Wildman–Crippen MR) is 78.6 cm³/mol. The minimum Gasteiger partial charge on any atom is -0.383 e. The molecule has 3 aromatic rings. The maximum Gasteiger partial charge on any atom is 0.215 e. The third-order valence-corrected chi connectivity index (χ3v) is 3.24. The molecular weight excluding hydrogens is 250 g/mol. The highest BCUT2D eigenvalue weighted by molar-refractivity contribution is 6.11. The Labute approximate surface area is 116 Å². The van der Waals surface area contributed by atoms with E-state index in [2.05, 4.69) is 9.97 Å². The zero-order valence-corrected chi connectivity index (χ0v) is 11.0. The van der Waals surface area contributed by atoms with Crippen LogP contribution in [-0.2, 0) is 0 Å². The molecular formula is C16H13N3O. The summed E-state index contributed by atoms with van der Waals surface area (Å²) in [5, 5.41) is 1.04. The Morgan fingerprint density at radius 2 is 1.95 bits per heavy atom. The molecule has 0 saturated heterocycles. The first-order chi connectivity index (χ1) is 9.66. The van der Waals surface area contributed by atoms with Crippen molar-refractivity contribution in [3.8, 4) is 0 Å². The Morgan fingerprint density at radius 3 is 2.75 bits per heavy atom. The summed E-state index contributed by atoms with van der Waals surface area (Å²) < 4.78 is 0. The van der Waals surface area contributed by atoms with Crippen LogP contribution in [0.3, 0.4) is 0 Å². The van der Waals surface area contributed by atoms with Crippen LogP contribution in [0.4, 0.5) is 5.82 Å². The number of nitrogen functional groups attached to an aromatic ring is 1. The van der Waals surface area contributed by atoms with Gasteiger partial charge in [-0.05, 0) is 36.8 Å². The average Bonchev–Trinajstić information content (AvgIpc) is 2.47. The van der Waals surface area contributed by atoms with E-state index in [0.29, 0.717) is 11.3 Å². The van der Waals surface area contributed by atoms with Crippen molar-refractivity contribution in [3.63, 3.8) is 0 Å². The molecule has 98 valence electrons. The van der Waals surface area contributed by atoms with Gasteiger partial charge in [0.15, 0.2) is 0 Å². The summed E-state index contributed by atoms with van der Waals surface area (Å²) in [4.78, 5) is 20.8. The van der Waals surface area contributed by atoms with Gasteiger partial charge in [0.25, 0.3) is 0 Å². The summed E-state index contributed by atoms with van der Waals surface area (Å²) in [6, 6.07) is 12.9. The molecule has 3 rings (SSSR count). The van der Waals surface area contributed by atoms with Gasteiger partial charge in [0.2, 0.25) is 5.78 Å². The third-order valence-electron chi connectivity index (χ3n) is 3.24. The van der Waals surface area contributed by atoms with Crippen LogP contribution in [0.25, 0.3) is 10.9 Å². The molecule has 0 aliphatic carbocycles. The number of hydrogen-bond acceptors (Lipinski definition) is 4. The van der Waals surface area contributed by atoms with E-state index in [-0.39, 0.29) is 11.6 Å². The summed E-state index contributed by atoms with van der Waals surface area (Å²) in [6.07, 6.45) is 1.56. The fraction of sp³-hybridized carbons (Fsp3) is 0.0625. The van der Waals surface area contributed by atoms with Crippen molar-refractivity contribution in [2.45, 2.75) is 6.92 Å². The first-order valence-electron chi connectivity index (χ1n) is 6.28. The standard InChI is InChI=1S/C16H13N3O/c1-10-9-14(19-13-7-3-2-5-11(10)13)15(20)12-6-4-8-18-16(12)17/h2-9H,1H3,(H2,17,18). The number of para-hydroxylation sites is 1. The number of benzene rings is 1. The summed E-state index contributed by atoms with van der Waals surface area (Å²) in [6.45, 7) is 1.97. The van der Waals surface area contributed by atoms with Crippen LogP contribution in [0, 0.1) is 6.92 Å². The largest absolute Gasteiger partial charge is 0.383 e. The molecule has 0 spiro atoms. The van der Waals surface area contributed by atoms with Crippen molar-refractivity contribution >= 4 is 22.5 Å². The molecule has 1 aromatic carbocycles. The summed E-state index contributed by atoms with van der Waals surface area (Å²) >= 11 is 0. The number of pyridine rings is 2. The monoisotopic (exact) mass is 263 g/mol. The quantitative estimate of drug-likeness (QED) is 0.722. The fourth-order valence-corrected chi connectivity index (χ4v) is 2.21. The van der Waals surface area contributed by atoms with Crippen LogP contribution in [0.15, 0.2) is 48.7 Å². The molecule has 2 heterocycles. The van der Waals surface area contributed by atoms with Gasteiger partial charge in [-0.1, -0.05) is 18.2 Å². The molecule has 0 aliphatic heterocycles. The number of fused-ring (bicyclic) bond motifs is 1. The molecule has 0 unspecified atom stereocenters. The Balaban J connectivity index is 2.16. The molecule has 0 bridgehead atoms. The molecule has 4 nitrogen and oxygen atoms in total. The second-order valence-corrected chi connectivity index (χ2v) is 4.61. The van der Waals surface area contributed by atoms with Crippen LogP contribution < -0.4 is 5.73 Å². The van der Waals surface area contributed by atoms with E-state index in [1.54, 1.807) is 24.4 Å². The van der Waals surface area contributed by atoms with E-state index in [1.165, 1.54) is 0 Å². The van der Waals surface area contributed by atoms with E-state index in [9.17, 15) is 4.79 Å². The van der Waals surface area contributed by atoms with Crippen LogP contribution in [0.5, 0.6) is 0 Å². The zero-order chi connectivity index (χ0) is 14.1. The lowest BCUT2D eigenvalue weighted by Gasteiger charge is -2.07. The van der Waals surface area contributed by atoms with Crippen LogP contribution >= 0.6 is 0 Å². The molecule has 2 N–H and O–H groups in total. The maximum atomic E-state index is 12.5. The number of aromatic nitrogens is 2. The predicted octanol–water partition coefficient (Wildman–Crippen LogP) is 2.75. The Kier molecular flexibility index (Phi) is 2.91. The highest BCUT2D eigenvalue weighted by atomic mass is 16.1. The fourth-order valence-electron chi connectivity index (χ4n) is 2.21. The first-order valence-corrected chi connectivity index (χ1v) is 6.28.